The van der Waals surface area contributed by atoms with Crippen molar-refractivity contribution in [1.29, 1.82) is 0 Å². The molecule has 1 amide bonds. The molecule has 7 nitrogen and oxygen atoms in total. The van der Waals surface area contributed by atoms with Crippen molar-refractivity contribution in [2.45, 2.75) is 39.3 Å². The molecule has 0 aliphatic carbocycles. The zero-order valence-electron chi connectivity index (χ0n) is 14.0. The Morgan fingerprint density at radius 1 is 1.50 bits per heavy atom. The van der Waals surface area contributed by atoms with Crippen molar-refractivity contribution < 1.29 is 24.2 Å². The van der Waals surface area contributed by atoms with E-state index in [0.29, 0.717) is 34.9 Å². The first-order chi connectivity index (χ1) is 11.1. The van der Waals surface area contributed by atoms with Gasteiger partial charge in [0, 0.05) is 12.6 Å². The maximum Gasteiger partial charge on any atom is 0.407 e. The average Bonchev–Trinajstić information content (AvgIpc) is 2.75. The lowest BCUT2D eigenvalue weighted by atomic mass is 10.2. The highest BCUT2D eigenvalue weighted by atomic mass is 79.9. The van der Waals surface area contributed by atoms with E-state index in [1.54, 1.807) is 20.8 Å². The first-order valence-electron chi connectivity index (χ1n) is 7.51. The van der Waals surface area contributed by atoms with E-state index in [1.165, 1.54) is 0 Å². The van der Waals surface area contributed by atoms with Gasteiger partial charge < -0.3 is 24.8 Å². The Bertz CT molecular complexity index is 641. The fraction of sp³-hybridized carbons (Fsp3) is 0.600. The Kier molecular flexibility index (Phi) is 5.64. The quantitative estimate of drug-likeness (QED) is 0.776. The molecule has 1 aliphatic heterocycles. The first-order valence-corrected chi connectivity index (χ1v) is 9.12. The van der Waals surface area contributed by atoms with Crippen molar-refractivity contribution >= 4 is 45.0 Å². The SMILES string of the molecule is CC(CN1CCOc2c(Br)sc(C(=O)O)c21)NC(=O)OC(C)(C)C. The van der Waals surface area contributed by atoms with Gasteiger partial charge in [0.05, 0.1) is 6.54 Å². The summed E-state index contributed by atoms with van der Waals surface area (Å²) in [5, 5.41) is 12.2. The van der Waals surface area contributed by atoms with Gasteiger partial charge in [-0.3, -0.25) is 0 Å². The number of carbonyl (C=O) groups excluding carboxylic acids is 1. The molecule has 1 unspecified atom stereocenters. The number of aromatic carboxylic acids is 1. The Labute approximate surface area is 153 Å². The van der Waals surface area contributed by atoms with Gasteiger partial charge in [-0.25, -0.2) is 9.59 Å². The lowest BCUT2D eigenvalue weighted by molar-refractivity contribution is 0.0508. The van der Waals surface area contributed by atoms with Crippen molar-refractivity contribution in [2.75, 3.05) is 24.6 Å². The highest BCUT2D eigenvalue weighted by molar-refractivity contribution is 9.11. The Morgan fingerprint density at radius 3 is 2.75 bits per heavy atom. The van der Waals surface area contributed by atoms with Crippen molar-refractivity contribution in [3.63, 3.8) is 0 Å². The fourth-order valence-electron chi connectivity index (χ4n) is 2.37. The first kappa shape index (κ1) is 18.9. The Morgan fingerprint density at radius 2 is 2.17 bits per heavy atom. The maximum absolute atomic E-state index is 11.9. The van der Waals surface area contributed by atoms with Crippen LogP contribution in [0.4, 0.5) is 10.5 Å². The van der Waals surface area contributed by atoms with Crippen LogP contribution >= 0.6 is 27.3 Å². The summed E-state index contributed by atoms with van der Waals surface area (Å²) >= 11 is 4.48. The minimum absolute atomic E-state index is 0.217. The van der Waals surface area contributed by atoms with Crippen molar-refractivity contribution in [3.05, 3.63) is 8.66 Å². The van der Waals surface area contributed by atoms with E-state index in [1.807, 2.05) is 11.8 Å². The summed E-state index contributed by atoms with van der Waals surface area (Å²) in [6.45, 7) is 8.71. The highest BCUT2D eigenvalue weighted by Crippen LogP contribution is 2.47. The van der Waals surface area contributed by atoms with Crippen LogP contribution in [-0.4, -0.2) is 48.5 Å². The molecule has 1 atom stereocenters. The summed E-state index contributed by atoms with van der Waals surface area (Å²) in [6, 6.07) is -0.217. The van der Waals surface area contributed by atoms with Crippen LogP contribution in [0.15, 0.2) is 3.79 Å². The maximum atomic E-state index is 11.9. The molecule has 0 saturated heterocycles. The summed E-state index contributed by atoms with van der Waals surface area (Å²) in [6.07, 6.45) is -0.492. The standard InChI is InChI=1S/C15H21BrN2O5S/c1-8(17-14(21)23-15(2,3)4)7-18-5-6-22-10-9(18)11(13(19)20)24-12(10)16/h8H,5-7H2,1-4H3,(H,17,21)(H,19,20). The molecule has 0 bridgehead atoms. The van der Waals surface area contributed by atoms with Crippen LogP contribution in [0.5, 0.6) is 5.75 Å². The van der Waals surface area contributed by atoms with Gasteiger partial charge in [-0.15, -0.1) is 11.3 Å². The van der Waals surface area contributed by atoms with E-state index in [-0.39, 0.29) is 10.9 Å². The second-order valence-electron chi connectivity index (χ2n) is 6.53. The van der Waals surface area contributed by atoms with E-state index < -0.39 is 17.7 Å². The molecular weight excluding hydrogens is 400 g/mol. The molecule has 1 aromatic rings. The number of ether oxygens (including phenoxy) is 2. The van der Waals surface area contributed by atoms with Crippen LogP contribution in [0.2, 0.25) is 0 Å². The molecule has 0 saturated carbocycles. The molecule has 2 rings (SSSR count). The van der Waals surface area contributed by atoms with E-state index in [0.717, 1.165) is 11.3 Å². The van der Waals surface area contributed by atoms with Crippen molar-refractivity contribution in [2.24, 2.45) is 0 Å². The number of alkyl carbamates (subject to hydrolysis) is 1. The number of anilines is 1. The molecule has 9 heteroatoms. The number of halogens is 1. The van der Waals surface area contributed by atoms with E-state index >= 15 is 0 Å². The van der Waals surface area contributed by atoms with Crippen LogP contribution in [0.3, 0.4) is 0 Å². The molecule has 24 heavy (non-hydrogen) atoms. The number of nitrogens with zero attached hydrogens (tertiary/aromatic N) is 1. The minimum Gasteiger partial charge on any atom is -0.487 e. The van der Waals surface area contributed by atoms with Crippen molar-refractivity contribution in [3.8, 4) is 5.75 Å². The lowest BCUT2D eigenvalue weighted by Gasteiger charge is -2.32. The lowest BCUT2D eigenvalue weighted by Crippen LogP contribution is -2.46. The van der Waals surface area contributed by atoms with E-state index in [2.05, 4.69) is 21.2 Å². The van der Waals surface area contributed by atoms with Crippen LogP contribution in [0.25, 0.3) is 0 Å². The fourth-order valence-corrected chi connectivity index (χ4v) is 4.00. The zero-order chi connectivity index (χ0) is 18.1. The summed E-state index contributed by atoms with van der Waals surface area (Å²) in [4.78, 5) is 25.5. The third kappa shape index (κ3) is 4.54. The second-order valence-corrected chi connectivity index (χ2v) is 8.87. The Balaban J connectivity index is 2.10. The summed E-state index contributed by atoms with van der Waals surface area (Å²) in [7, 11) is 0. The summed E-state index contributed by atoms with van der Waals surface area (Å²) in [5.41, 5.74) is -0.00608. The van der Waals surface area contributed by atoms with Gasteiger partial charge >= 0.3 is 12.1 Å². The summed E-state index contributed by atoms with van der Waals surface area (Å²) < 4.78 is 11.5. The van der Waals surface area contributed by atoms with Crippen molar-refractivity contribution in [1.82, 2.24) is 5.32 Å². The number of hydrogen-bond acceptors (Lipinski definition) is 6. The largest absolute Gasteiger partial charge is 0.487 e. The molecule has 2 heterocycles. The smallest absolute Gasteiger partial charge is 0.407 e. The van der Waals surface area contributed by atoms with Gasteiger partial charge in [-0.1, -0.05) is 0 Å². The van der Waals surface area contributed by atoms with Gasteiger partial charge in [0.25, 0.3) is 0 Å². The predicted octanol–water partition coefficient (Wildman–Crippen LogP) is 3.32. The number of thiophene rings is 1. The number of carboxylic acid groups (broad SMARTS) is 1. The molecule has 0 spiro atoms. The number of hydrogen-bond donors (Lipinski definition) is 2. The van der Waals surface area contributed by atoms with E-state index in [4.69, 9.17) is 9.47 Å². The topological polar surface area (TPSA) is 88.1 Å². The average molecular weight is 421 g/mol. The van der Waals surface area contributed by atoms with Crippen LogP contribution in [0, 0.1) is 0 Å². The zero-order valence-corrected chi connectivity index (χ0v) is 16.4. The number of fused-ring (bicyclic) bond motifs is 1. The molecule has 134 valence electrons. The molecule has 0 aromatic carbocycles. The van der Waals surface area contributed by atoms with Gasteiger partial charge in [-0.2, -0.15) is 0 Å². The molecule has 2 N–H and O–H groups in total. The number of carbonyl (C=O) groups is 2. The van der Waals surface area contributed by atoms with Gasteiger partial charge in [0.2, 0.25) is 0 Å². The van der Waals surface area contributed by atoms with Crippen LogP contribution in [-0.2, 0) is 4.74 Å². The number of rotatable bonds is 4. The minimum atomic E-state index is -0.995. The number of nitrogens with one attached hydrogen (secondary N) is 1. The van der Waals surface area contributed by atoms with Crippen LogP contribution in [0.1, 0.15) is 37.4 Å². The van der Waals surface area contributed by atoms with Gasteiger partial charge in [0.15, 0.2) is 5.75 Å². The number of amides is 1. The molecule has 0 fully saturated rings. The monoisotopic (exact) mass is 420 g/mol. The van der Waals surface area contributed by atoms with Crippen LogP contribution < -0.4 is 15.0 Å². The normalized spacial score (nSPS) is 15.3. The second kappa shape index (κ2) is 7.18. The molecular formula is C15H21BrN2O5S. The molecule has 1 aromatic heterocycles. The Hall–Kier alpha value is -1.48. The third-order valence-electron chi connectivity index (χ3n) is 3.18. The molecule has 0 radical (unpaired) electrons. The number of carboxylic acids is 1. The molecule has 1 aliphatic rings. The predicted molar refractivity (Wildman–Crippen MR) is 95.5 cm³/mol. The van der Waals surface area contributed by atoms with E-state index in [9.17, 15) is 14.7 Å². The third-order valence-corrected chi connectivity index (χ3v) is 4.96. The summed E-state index contributed by atoms with van der Waals surface area (Å²) in [5.74, 6) is -0.446. The van der Waals surface area contributed by atoms with Gasteiger partial charge in [0.1, 0.15) is 26.6 Å². The van der Waals surface area contributed by atoms with Gasteiger partial charge in [-0.05, 0) is 43.6 Å². The highest BCUT2D eigenvalue weighted by Gasteiger charge is 2.31.